The lowest BCUT2D eigenvalue weighted by atomic mass is 10.1. The average Bonchev–Trinajstić information content (AvgIpc) is 2.45. The van der Waals surface area contributed by atoms with Crippen LogP contribution in [-0.4, -0.2) is 17.0 Å². The number of hydrogen-bond acceptors (Lipinski definition) is 5. The van der Waals surface area contributed by atoms with E-state index in [9.17, 15) is 0 Å². The van der Waals surface area contributed by atoms with Gasteiger partial charge in [0.15, 0.2) is 0 Å². The Balaban J connectivity index is 2.33. The summed E-state index contributed by atoms with van der Waals surface area (Å²) in [5, 5.41) is 8.98. The maximum absolute atomic E-state index is 8.98. The molecule has 0 fully saturated rings. The second-order valence-electron chi connectivity index (χ2n) is 4.76. The third-order valence-corrected chi connectivity index (χ3v) is 3.25. The van der Waals surface area contributed by atoms with Crippen molar-refractivity contribution in [3.8, 4) is 6.07 Å². The number of benzene rings is 1. The minimum absolute atomic E-state index is 0.0619. The molecule has 0 radical (unpaired) electrons. The van der Waals surface area contributed by atoms with Gasteiger partial charge in [-0.2, -0.15) is 5.26 Å². The van der Waals surface area contributed by atoms with Crippen LogP contribution in [0.4, 0.5) is 11.6 Å². The average molecular weight is 267 g/mol. The first-order valence-corrected chi connectivity index (χ1v) is 6.35. The molecule has 5 heteroatoms. The van der Waals surface area contributed by atoms with E-state index in [0.717, 1.165) is 16.9 Å². The van der Waals surface area contributed by atoms with Gasteiger partial charge in [-0.3, -0.25) is 0 Å². The molecule has 1 aromatic carbocycles. The molecule has 0 bridgehead atoms. The van der Waals surface area contributed by atoms with Crippen molar-refractivity contribution in [1.82, 2.24) is 9.97 Å². The Morgan fingerprint density at radius 3 is 2.70 bits per heavy atom. The molecule has 0 spiro atoms. The summed E-state index contributed by atoms with van der Waals surface area (Å²) in [4.78, 5) is 10.6. The fraction of sp³-hybridized carbons (Fsp3) is 0.267. The molecule has 1 atom stereocenters. The monoisotopic (exact) mass is 267 g/mol. The molecule has 0 amide bonds. The van der Waals surface area contributed by atoms with E-state index in [2.05, 4.69) is 16.0 Å². The van der Waals surface area contributed by atoms with E-state index in [-0.39, 0.29) is 6.04 Å². The van der Waals surface area contributed by atoms with Gasteiger partial charge in [-0.25, -0.2) is 9.97 Å². The van der Waals surface area contributed by atoms with Crippen LogP contribution in [0.25, 0.3) is 0 Å². The van der Waals surface area contributed by atoms with E-state index in [0.29, 0.717) is 11.6 Å². The van der Waals surface area contributed by atoms with E-state index >= 15 is 0 Å². The number of anilines is 2. The molecule has 2 N–H and O–H groups in total. The number of nitriles is 1. The third-order valence-electron chi connectivity index (χ3n) is 3.25. The molecule has 5 nitrogen and oxygen atoms in total. The van der Waals surface area contributed by atoms with E-state index in [1.165, 1.54) is 0 Å². The zero-order valence-electron chi connectivity index (χ0n) is 11.8. The largest absolute Gasteiger partial charge is 0.399 e. The van der Waals surface area contributed by atoms with Crippen LogP contribution in [0.5, 0.6) is 0 Å². The lowest BCUT2D eigenvalue weighted by molar-refractivity contribution is 0.712. The normalized spacial score (nSPS) is 11.7. The van der Waals surface area contributed by atoms with Crippen LogP contribution in [0.15, 0.2) is 30.3 Å². The second kappa shape index (κ2) is 5.57. The molecular formula is C15H17N5. The molecule has 102 valence electrons. The molecule has 0 aliphatic rings. The Morgan fingerprint density at radius 2 is 2.05 bits per heavy atom. The lowest BCUT2D eigenvalue weighted by Gasteiger charge is -2.25. The molecule has 0 aliphatic heterocycles. The summed E-state index contributed by atoms with van der Waals surface area (Å²) in [5.41, 5.74) is 8.77. The number of aromatic nitrogens is 2. The van der Waals surface area contributed by atoms with Gasteiger partial charge in [0.25, 0.3) is 0 Å². The highest BCUT2D eigenvalue weighted by Gasteiger charge is 2.15. The summed E-state index contributed by atoms with van der Waals surface area (Å²) in [7, 11) is 1.91. The number of nitrogens with two attached hydrogens (primary N) is 1. The zero-order valence-corrected chi connectivity index (χ0v) is 11.8. The van der Waals surface area contributed by atoms with Gasteiger partial charge in [0.2, 0.25) is 5.95 Å². The molecule has 0 saturated carbocycles. The van der Waals surface area contributed by atoms with Crippen LogP contribution < -0.4 is 10.6 Å². The summed E-state index contributed by atoms with van der Waals surface area (Å²) in [5.74, 6) is 0.538. The van der Waals surface area contributed by atoms with Crippen molar-refractivity contribution >= 4 is 11.6 Å². The van der Waals surface area contributed by atoms with E-state index < -0.39 is 0 Å². The number of rotatable bonds is 3. The third kappa shape index (κ3) is 2.86. The SMILES string of the molecule is Cc1cc(C#N)nc(N(C)C(C)c2cccc(N)c2)n1. The Bertz CT molecular complexity index is 660. The van der Waals surface area contributed by atoms with Crippen molar-refractivity contribution in [1.29, 1.82) is 5.26 Å². The van der Waals surface area contributed by atoms with Gasteiger partial charge in [0, 0.05) is 18.4 Å². The van der Waals surface area contributed by atoms with Gasteiger partial charge in [0.05, 0.1) is 6.04 Å². The van der Waals surface area contributed by atoms with Crippen molar-refractivity contribution in [3.63, 3.8) is 0 Å². The fourth-order valence-corrected chi connectivity index (χ4v) is 1.98. The summed E-state index contributed by atoms with van der Waals surface area (Å²) < 4.78 is 0. The number of nitrogens with zero attached hydrogens (tertiary/aromatic N) is 4. The Kier molecular flexibility index (Phi) is 3.85. The first kappa shape index (κ1) is 13.8. The van der Waals surface area contributed by atoms with Crippen LogP contribution in [0.2, 0.25) is 0 Å². The van der Waals surface area contributed by atoms with Gasteiger partial charge in [0.1, 0.15) is 11.8 Å². The Hall–Kier alpha value is -2.61. The second-order valence-corrected chi connectivity index (χ2v) is 4.76. The zero-order chi connectivity index (χ0) is 14.7. The molecule has 0 saturated heterocycles. The van der Waals surface area contributed by atoms with Crippen LogP contribution >= 0.6 is 0 Å². The maximum Gasteiger partial charge on any atom is 0.227 e. The van der Waals surface area contributed by atoms with Crippen molar-refractivity contribution < 1.29 is 0 Å². The van der Waals surface area contributed by atoms with Crippen molar-refractivity contribution in [2.24, 2.45) is 0 Å². The van der Waals surface area contributed by atoms with Crippen LogP contribution in [-0.2, 0) is 0 Å². The predicted molar refractivity (Wildman–Crippen MR) is 79.2 cm³/mol. The van der Waals surface area contributed by atoms with Crippen molar-refractivity contribution in [3.05, 3.63) is 47.3 Å². The highest BCUT2D eigenvalue weighted by Crippen LogP contribution is 2.24. The molecule has 1 heterocycles. The van der Waals surface area contributed by atoms with Crippen LogP contribution in [0, 0.1) is 18.3 Å². The minimum Gasteiger partial charge on any atom is -0.399 e. The molecular weight excluding hydrogens is 250 g/mol. The molecule has 0 aliphatic carbocycles. The highest BCUT2D eigenvalue weighted by molar-refractivity contribution is 5.45. The molecule has 2 rings (SSSR count). The van der Waals surface area contributed by atoms with Gasteiger partial charge >= 0.3 is 0 Å². The molecule has 2 aromatic rings. The maximum atomic E-state index is 8.98. The van der Waals surface area contributed by atoms with Crippen LogP contribution in [0.1, 0.15) is 29.9 Å². The highest BCUT2D eigenvalue weighted by atomic mass is 15.2. The van der Waals surface area contributed by atoms with Crippen molar-refractivity contribution in [2.45, 2.75) is 19.9 Å². The first-order valence-electron chi connectivity index (χ1n) is 6.35. The van der Waals surface area contributed by atoms with Crippen molar-refractivity contribution in [2.75, 3.05) is 17.7 Å². The minimum atomic E-state index is 0.0619. The molecule has 1 aromatic heterocycles. The summed E-state index contributed by atoms with van der Waals surface area (Å²) in [6.45, 7) is 3.90. The standard InChI is InChI=1S/C15H17N5/c1-10-7-14(9-16)19-15(18-10)20(3)11(2)12-5-4-6-13(17)8-12/h4-8,11H,17H2,1-3H3. The molecule has 20 heavy (non-hydrogen) atoms. The predicted octanol–water partition coefficient (Wildman–Crippen LogP) is 2.44. The Morgan fingerprint density at radius 1 is 1.30 bits per heavy atom. The van der Waals surface area contributed by atoms with Gasteiger partial charge < -0.3 is 10.6 Å². The number of aryl methyl sites for hydroxylation is 1. The lowest BCUT2D eigenvalue weighted by Crippen LogP contribution is -2.24. The summed E-state index contributed by atoms with van der Waals surface area (Å²) >= 11 is 0. The quantitative estimate of drug-likeness (QED) is 0.864. The first-order chi connectivity index (χ1) is 9.51. The molecule has 1 unspecified atom stereocenters. The fourth-order valence-electron chi connectivity index (χ4n) is 1.98. The van der Waals surface area contributed by atoms with E-state index in [4.69, 9.17) is 11.0 Å². The summed E-state index contributed by atoms with van der Waals surface area (Å²) in [6, 6.07) is 11.5. The smallest absolute Gasteiger partial charge is 0.227 e. The number of nitrogen functional groups attached to an aromatic ring is 1. The Labute approximate surface area is 118 Å². The van der Waals surface area contributed by atoms with Gasteiger partial charge in [-0.15, -0.1) is 0 Å². The van der Waals surface area contributed by atoms with Gasteiger partial charge in [-0.1, -0.05) is 12.1 Å². The van der Waals surface area contributed by atoms with Crippen LogP contribution in [0.3, 0.4) is 0 Å². The van der Waals surface area contributed by atoms with E-state index in [1.807, 2.05) is 50.1 Å². The topological polar surface area (TPSA) is 78.8 Å². The summed E-state index contributed by atoms with van der Waals surface area (Å²) in [6.07, 6.45) is 0. The van der Waals surface area contributed by atoms with E-state index in [1.54, 1.807) is 6.07 Å². The number of hydrogen-bond donors (Lipinski definition) is 1. The van der Waals surface area contributed by atoms with Gasteiger partial charge in [-0.05, 0) is 37.6 Å².